The van der Waals surface area contributed by atoms with E-state index < -0.39 is 5.97 Å². The van der Waals surface area contributed by atoms with Crippen molar-refractivity contribution in [3.05, 3.63) is 62.4 Å². The van der Waals surface area contributed by atoms with Gasteiger partial charge < -0.3 is 10.4 Å². The summed E-state index contributed by atoms with van der Waals surface area (Å²) in [5, 5.41) is 19.6. The molecule has 2 aromatic carbocycles. The number of amides is 1. The minimum Gasteiger partial charge on any atom is -0.478 e. The lowest BCUT2D eigenvalue weighted by molar-refractivity contribution is -0.113. The highest BCUT2D eigenvalue weighted by molar-refractivity contribution is 7.99. The fourth-order valence-electron chi connectivity index (χ4n) is 3.64. The molecule has 1 saturated carbocycles. The molecule has 166 valence electrons. The Morgan fingerprint density at radius 2 is 1.97 bits per heavy atom. The van der Waals surface area contributed by atoms with Crippen molar-refractivity contribution >= 4 is 53.1 Å². The number of carboxylic acid groups (broad SMARTS) is 1. The number of aryl methyl sites for hydroxylation is 2. The summed E-state index contributed by atoms with van der Waals surface area (Å²) in [4.78, 5) is 23.5. The van der Waals surface area contributed by atoms with Gasteiger partial charge in [-0.05, 0) is 79.7 Å². The number of nitrogens with zero attached hydrogens (tertiary/aromatic N) is 2. The second-order valence-electron chi connectivity index (χ2n) is 7.76. The second-order valence-corrected chi connectivity index (χ2v) is 9.50. The zero-order chi connectivity index (χ0) is 23.0. The Balaban J connectivity index is 1.51. The van der Waals surface area contributed by atoms with E-state index in [-0.39, 0.29) is 22.2 Å². The number of hydrogen-bond acceptors (Lipinski definition) is 5. The predicted octanol–water partition coefficient (Wildman–Crippen LogP) is 5.51. The summed E-state index contributed by atoms with van der Waals surface area (Å²) in [7, 11) is 0. The Labute approximate surface area is 199 Å². The summed E-state index contributed by atoms with van der Waals surface area (Å²) in [6, 6.07) is 8.57. The zero-order valence-corrected chi connectivity index (χ0v) is 19.8. The topological polar surface area (TPSA) is 100 Å². The van der Waals surface area contributed by atoms with E-state index in [1.165, 1.54) is 48.4 Å². The molecule has 3 N–H and O–H groups in total. The number of hydrogen-bond donors (Lipinski definition) is 3. The van der Waals surface area contributed by atoms with Crippen molar-refractivity contribution in [2.75, 3.05) is 11.1 Å². The molecule has 1 amide bonds. The molecule has 1 heterocycles. The van der Waals surface area contributed by atoms with Crippen LogP contribution in [0.5, 0.6) is 0 Å². The zero-order valence-electron chi connectivity index (χ0n) is 17.4. The highest BCUT2D eigenvalue weighted by Gasteiger charge is 2.25. The van der Waals surface area contributed by atoms with Crippen molar-refractivity contribution in [2.45, 2.75) is 37.8 Å². The average molecular weight is 489 g/mol. The van der Waals surface area contributed by atoms with Gasteiger partial charge in [-0.2, -0.15) is 0 Å². The number of benzene rings is 2. The lowest BCUT2D eigenvalue weighted by Gasteiger charge is -2.15. The fraction of sp³-hybridized carbons (Fsp3) is 0.273. The maximum absolute atomic E-state index is 12.5. The molecule has 0 saturated heterocycles. The minimum atomic E-state index is -1.08. The van der Waals surface area contributed by atoms with Crippen molar-refractivity contribution in [2.24, 2.45) is 0 Å². The molecule has 1 fully saturated rings. The van der Waals surface area contributed by atoms with Crippen molar-refractivity contribution in [1.82, 2.24) is 14.8 Å². The van der Waals surface area contributed by atoms with Crippen molar-refractivity contribution < 1.29 is 14.7 Å². The van der Waals surface area contributed by atoms with E-state index in [1.54, 1.807) is 0 Å². The normalized spacial score (nSPS) is 13.2. The van der Waals surface area contributed by atoms with E-state index in [1.807, 2.05) is 4.57 Å². The number of aromatic amines is 1. The predicted molar refractivity (Wildman–Crippen MR) is 128 cm³/mol. The van der Waals surface area contributed by atoms with Crippen LogP contribution in [0.4, 0.5) is 5.69 Å². The lowest BCUT2D eigenvalue weighted by Crippen LogP contribution is -2.15. The van der Waals surface area contributed by atoms with Gasteiger partial charge in [-0.1, -0.05) is 35.5 Å². The molecule has 0 atom stereocenters. The van der Waals surface area contributed by atoms with Crippen LogP contribution in [-0.2, 0) is 4.79 Å². The van der Waals surface area contributed by atoms with Gasteiger partial charge >= 0.3 is 5.97 Å². The maximum atomic E-state index is 12.5. The molecule has 1 aromatic heterocycles. The van der Waals surface area contributed by atoms with E-state index in [9.17, 15) is 9.59 Å². The average Bonchev–Trinajstić information content (AvgIpc) is 3.52. The van der Waals surface area contributed by atoms with Gasteiger partial charge in [0.2, 0.25) is 10.7 Å². The highest BCUT2D eigenvalue weighted by atomic mass is 35.5. The molecular formula is C22H21ClN4O3S2. The van der Waals surface area contributed by atoms with Gasteiger partial charge in [-0.3, -0.25) is 14.5 Å². The molecule has 32 heavy (non-hydrogen) atoms. The van der Waals surface area contributed by atoms with Gasteiger partial charge in [0.25, 0.3) is 0 Å². The van der Waals surface area contributed by atoms with Crippen LogP contribution >= 0.6 is 35.6 Å². The van der Waals surface area contributed by atoms with Gasteiger partial charge in [-0.15, -0.1) is 5.10 Å². The standard InChI is InChI=1S/C22H21ClN4O3S2/c1-11-7-15(13-3-4-13)8-12(2)19(11)27-21(31)25-26-22(27)32-10-18(28)24-17-6-5-14(20(29)30)9-16(17)23/h5-9,13H,3-4,10H2,1-2H3,(H,24,28)(H,25,31)(H,29,30). The Hall–Kier alpha value is -2.62. The quantitative estimate of drug-likeness (QED) is 0.299. The van der Waals surface area contributed by atoms with Gasteiger partial charge in [0, 0.05) is 0 Å². The van der Waals surface area contributed by atoms with E-state index in [2.05, 4.69) is 41.5 Å². The van der Waals surface area contributed by atoms with Crippen LogP contribution in [0.25, 0.3) is 5.69 Å². The number of rotatable bonds is 7. The van der Waals surface area contributed by atoms with Gasteiger partial charge in [-0.25, -0.2) is 4.79 Å². The Kier molecular flexibility index (Phi) is 6.41. The van der Waals surface area contributed by atoms with Crippen LogP contribution in [0.3, 0.4) is 0 Å². The van der Waals surface area contributed by atoms with Gasteiger partial charge in [0.15, 0.2) is 5.16 Å². The summed E-state index contributed by atoms with van der Waals surface area (Å²) < 4.78 is 2.33. The summed E-state index contributed by atoms with van der Waals surface area (Å²) in [5.41, 5.74) is 4.96. The first kappa shape index (κ1) is 22.6. The van der Waals surface area contributed by atoms with E-state index in [4.69, 9.17) is 28.9 Å². The number of anilines is 1. The summed E-state index contributed by atoms with van der Waals surface area (Å²) >= 11 is 12.8. The molecule has 0 aliphatic heterocycles. The maximum Gasteiger partial charge on any atom is 0.335 e. The van der Waals surface area contributed by atoms with Crippen molar-refractivity contribution in [3.63, 3.8) is 0 Å². The number of carboxylic acids is 1. The SMILES string of the molecule is Cc1cc(C2CC2)cc(C)c1-n1c(SCC(=O)Nc2ccc(C(=O)O)cc2Cl)n[nH]c1=S. The smallest absolute Gasteiger partial charge is 0.335 e. The molecule has 3 aromatic rings. The molecule has 0 radical (unpaired) electrons. The third kappa shape index (κ3) is 4.74. The van der Waals surface area contributed by atoms with E-state index in [0.717, 1.165) is 16.8 Å². The van der Waals surface area contributed by atoms with Crippen LogP contribution in [0, 0.1) is 18.6 Å². The van der Waals surface area contributed by atoms with Crippen LogP contribution in [-0.4, -0.2) is 37.5 Å². The third-order valence-corrected chi connectivity index (χ3v) is 6.77. The number of aromatic carboxylic acids is 1. The number of carbonyl (C=O) groups is 2. The number of nitrogens with one attached hydrogen (secondary N) is 2. The Morgan fingerprint density at radius 1 is 1.28 bits per heavy atom. The Bertz CT molecular complexity index is 1260. The monoisotopic (exact) mass is 488 g/mol. The third-order valence-electron chi connectivity index (χ3n) is 5.25. The number of thioether (sulfide) groups is 1. The number of aromatic nitrogens is 3. The van der Waals surface area contributed by atoms with Crippen LogP contribution in [0.2, 0.25) is 5.02 Å². The molecule has 4 rings (SSSR count). The molecule has 10 heteroatoms. The first-order chi connectivity index (χ1) is 15.2. The largest absolute Gasteiger partial charge is 0.478 e. The second kappa shape index (κ2) is 9.09. The van der Waals surface area contributed by atoms with E-state index >= 15 is 0 Å². The first-order valence-electron chi connectivity index (χ1n) is 9.99. The molecule has 0 unspecified atom stereocenters. The number of H-pyrrole nitrogens is 1. The van der Waals surface area contributed by atoms with E-state index in [0.29, 0.717) is 21.5 Å². The number of halogens is 1. The van der Waals surface area contributed by atoms with Crippen molar-refractivity contribution in [1.29, 1.82) is 0 Å². The highest BCUT2D eigenvalue weighted by Crippen LogP contribution is 2.41. The van der Waals surface area contributed by atoms with Gasteiger partial charge in [0.1, 0.15) is 0 Å². The summed E-state index contributed by atoms with van der Waals surface area (Å²) in [6.07, 6.45) is 2.48. The molecule has 7 nitrogen and oxygen atoms in total. The van der Waals surface area contributed by atoms with Crippen LogP contribution < -0.4 is 5.32 Å². The molecule has 0 spiro atoms. The van der Waals surface area contributed by atoms with Crippen molar-refractivity contribution in [3.8, 4) is 5.69 Å². The first-order valence-corrected chi connectivity index (χ1v) is 11.8. The minimum absolute atomic E-state index is 0.0522. The fourth-order valence-corrected chi connectivity index (χ4v) is 4.90. The van der Waals surface area contributed by atoms with Crippen LogP contribution in [0.1, 0.15) is 45.8 Å². The molecule has 1 aliphatic carbocycles. The van der Waals surface area contributed by atoms with Gasteiger partial charge in [0.05, 0.1) is 27.7 Å². The summed E-state index contributed by atoms with van der Waals surface area (Å²) in [6.45, 7) is 4.12. The molecule has 1 aliphatic rings. The summed E-state index contributed by atoms with van der Waals surface area (Å²) in [5.74, 6) is -0.640. The molecular weight excluding hydrogens is 468 g/mol. The van der Waals surface area contributed by atoms with Crippen LogP contribution in [0.15, 0.2) is 35.5 Å². The molecule has 0 bridgehead atoms. The lowest BCUT2D eigenvalue weighted by atomic mass is 10.0. The Morgan fingerprint density at radius 3 is 2.56 bits per heavy atom. The number of carbonyl (C=O) groups excluding carboxylic acids is 1.